The summed E-state index contributed by atoms with van der Waals surface area (Å²) in [7, 11) is 0. The first-order valence-corrected chi connectivity index (χ1v) is 6.93. The van der Waals surface area contributed by atoms with Crippen molar-refractivity contribution >= 4 is 17.2 Å². The molecular weight excluding hydrogens is 242 g/mol. The molecule has 3 heterocycles. The Bertz CT molecular complexity index is 571. The van der Waals surface area contributed by atoms with Crippen molar-refractivity contribution in [1.82, 2.24) is 4.98 Å². The second-order valence-electron chi connectivity index (χ2n) is 4.35. The van der Waals surface area contributed by atoms with Crippen LogP contribution in [0.25, 0.3) is 0 Å². The Morgan fingerprint density at radius 3 is 3.11 bits per heavy atom. The first-order chi connectivity index (χ1) is 8.90. The highest BCUT2D eigenvalue weighted by Crippen LogP contribution is 2.38. The number of thiophene rings is 1. The molecule has 0 bridgehead atoms. The van der Waals surface area contributed by atoms with Gasteiger partial charge in [0.1, 0.15) is 11.9 Å². The number of nitrogens with zero attached hydrogens (tertiary/aromatic N) is 3. The third-order valence-electron chi connectivity index (χ3n) is 3.30. The highest BCUT2D eigenvalue weighted by Gasteiger charge is 2.29. The quantitative estimate of drug-likeness (QED) is 0.826. The molecule has 90 valence electrons. The van der Waals surface area contributed by atoms with Crippen LogP contribution in [0.15, 0.2) is 35.8 Å². The van der Waals surface area contributed by atoms with Crippen LogP contribution < -0.4 is 4.90 Å². The zero-order valence-electron chi connectivity index (χ0n) is 9.91. The summed E-state index contributed by atoms with van der Waals surface area (Å²) in [5, 5.41) is 11.3. The van der Waals surface area contributed by atoms with Gasteiger partial charge in [-0.1, -0.05) is 6.07 Å². The van der Waals surface area contributed by atoms with Gasteiger partial charge in [-0.15, -0.1) is 11.3 Å². The average molecular weight is 255 g/mol. The van der Waals surface area contributed by atoms with Crippen molar-refractivity contribution in [3.63, 3.8) is 0 Å². The maximum absolute atomic E-state index is 9.18. The lowest BCUT2D eigenvalue weighted by molar-refractivity contribution is 0.724. The zero-order chi connectivity index (χ0) is 12.4. The highest BCUT2D eigenvalue weighted by molar-refractivity contribution is 7.10. The van der Waals surface area contributed by atoms with E-state index in [9.17, 15) is 5.26 Å². The molecule has 1 saturated heterocycles. The van der Waals surface area contributed by atoms with Crippen LogP contribution in [0.5, 0.6) is 0 Å². The Morgan fingerprint density at radius 1 is 1.39 bits per heavy atom. The third kappa shape index (κ3) is 1.87. The fourth-order valence-electron chi connectivity index (χ4n) is 2.51. The van der Waals surface area contributed by atoms with Crippen molar-refractivity contribution in [2.75, 3.05) is 11.4 Å². The summed E-state index contributed by atoms with van der Waals surface area (Å²) in [5.41, 5.74) is 0.668. The molecule has 1 aliphatic rings. The Hall–Kier alpha value is -1.86. The van der Waals surface area contributed by atoms with Gasteiger partial charge in [-0.05, 0) is 36.4 Å². The van der Waals surface area contributed by atoms with Gasteiger partial charge in [0.25, 0.3) is 0 Å². The fourth-order valence-corrected chi connectivity index (χ4v) is 3.38. The second kappa shape index (κ2) is 4.79. The average Bonchev–Trinajstić information content (AvgIpc) is 3.09. The van der Waals surface area contributed by atoms with Crippen LogP contribution in [-0.2, 0) is 0 Å². The Labute approximate surface area is 110 Å². The molecule has 3 rings (SSSR count). The van der Waals surface area contributed by atoms with Gasteiger partial charge in [-0.3, -0.25) is 0 Å². The predicted molar refractivity (Wildman–Crippen MR) is 72.6 cm³/mol. The van der Waals surface area contributed by atoms with E-state index in [4.69, 9.17) is 0 Å². The molecule has 1 fully saturated rings. The van der Waals surface area contributed by atoms with E-state index >= 15 is 0 Å². The van der Waals surface area contributed by atoms with E-state index in [1.54, 1.807) is 17.5 Å². The summed E-state index contributed by atoms with van der Waals surface area (Å²) in [6, 6.07) is 10.5. The summed E-state index contributed by atoms with van der Waals surface area (Å²) in [4.78, 5) is 8.03. The third-order valence-corrected chi connectivity index (χ3v) is 4.28. The largest absolute Gasteiger partial charge is 0.348 e. The van der Waals surface area contributed by atoms with Crippen molar-refractivity contribution in [3.8, 4) is 6.07 Å². The molecule has 1 atom stereocenters. The van der Waals surface area contributed by atoms with Crippen LogP contribution in [0, 0.1) is 11.3 Å². The molecule has 2 aromatic heterocycles. The van der Waals surface area contributed by atoms with Crippen LogP contribution in [0.2, 0.25) is 0 Å². The van der Waals surface area contributed by atoms with E-state index in [1.165, 1.54) is 4.88 Å². The summed E-state index contributed by atoms with van der Waals surface area (Å²) < 4.78 is 0. The minimum Gasteiger partial charge on any atom is -0.348 e. The lowest BCUT2D eigenvalue weighted by atomic mass is 10.1. The topological polar surface area (TPSA) is 39.9 Å². The van der Waals surface area contributed by atoms with Crippen LogP contribution in [-0.4, -0.2) is 11.5 Å². The van der Waals surface area contributed by atoms with Crippen LogP contribution in [0.4, 0.5) is 5.82 Å². The Morgan fingerprint density at radius 2 is 2.33 bits per heavy atom. The molecule has 0 N–H and O–H groups in total. The molecule has 0 aliphatic carbocycles. The zero-order valence-corrected chi connectivity index (χ0v) is 10.7. The molecule has 2 aromatic rings. The molecule has 0 radical (unpaired) electrons. The lowest BCUT2D eigenvalue weighted by Gasteiger charge is -2.25. The van der Waals surface area contributed by atoms with Gasteiger partial charge in [-0.2, -0.15) is 5.26 Å². The van der Waals surface area contributed by atoms with Crippen molar-refractivity contribution in [3.05, 3.63) is 46.3 Å². The summed E-state index contributed by atoms with van der Waals surface area (Å²) >= 11 is 1.78. The maximum atomic E-state index is 9.18. The van der Waals surface area contributed by atoms with Gasteiger partial charge in [0.05, 0.1) is 11.6 Å². The first-order valence-electron chi connectivity index (χ1n) is 6.05. The van der Waals surface area contributed by atoms with Crippen molar-refractivity contribution in [2.24, 2.45) is 0 Å². The number of hydrogen-bond acceptors (Lipinski definition) is 4. The second-order valence-corrected chi connectivity index (χ2v) is 5.33. The minimum atomic E-state index is 0.381. The van der Waals surface area contributed by atoms with Crippen LogP contribution >= 0.6 is 11.3 Å². The van der Waals surface area contributed by atoms with Gasteiger partial charge < -0.3 is 4.90 Å². The Balaban J connectivity index is 1.98. The van der Waals surface area contributed by atoms with Crippen molar-refractivity contribution < 1.29 is 0 Å². The summed E-state index contributed by atoms with van der Waals surface area (Å²) in [5.74, 6) is 0.830. The van der Waals surface area contributed by atoms with Crippen LogP contribution in [0.1, 0.15) is 29.3 Å². The molecule has 3 nitrogen and oxygen atoms in total. The Kier molecular flexibility index (Phi) is 2.99. The monoisotopic (exact) mass is 255 g/mol. The van der Waals surface area contributed by atoms with E-state index in [1.807, 2.05) is 12.1 Å². The van der Waals surface area contributed by atoms with Gasteiger partial charge >= 0.3 is 0 Å². The number of hydrogen-bond donors (Lipinski definition) is 0. The number of aromatic nitrogens is 1. The van der Waals surface area contributed by atoms with Gasteiger partial charge in [0.15, 0.2) is 0 Å². The SMILES string of the molecule is N#Cc1cccnc1N1CCCC1c1cccs1. The summed E-state index contributed by atoms with van der Waals surface area (Å²) in [6.07, 6.45) is 4.06. The molecule has 4 heteroatoms. The molecule has 1 aliphatic heterocycles. The minimum absolute atomic E-state index is 0.381. The number of pyridine rings is 1. The van der Waals surface area contributed by atoms with Crippen molar-refractivity contribution in [1.29, 1.82) is 5.26 Å². The molecule has 1 unspecified atom stereocenters. The van der Waals surface area contributed by atoms with Crippen LogP contribution in [0.3, 0.4) is 0 Å². The number of anilines is 1. The van der Waals surface area contributed by atoms with Gasteiger partial charge in [0.2, 0.25) is 0 Å². The highest BCUT2D eigenvalue weighted by atomic mass is 32.1. The van der Waals surface area contributed by atoms with E-state index in [0.29, 0.717) is 11.6 Å². The van der Waals surface area contributed by atoms with Gasteiger partial charge in [-0.25, -0.2) is 4.98 Å². The molecule has 18 heavy (non-hydrogen) atoms. The molecule has 0 saturated carbocycles. The molecule has 0 spiro atoms. The van der Waals surface area contributed by atoms with E-state index < -0.39 is 0 Å². The number of nitriles is 1. The van der Waals surface area contributed by atoms with Gasteiger partial charge in [0, 0.05) is 17.6 Å². The normalized spacial score (nSPS) is 18.8. The standard InChI is InChI=1S/C14H13N3S/c15-10-11-4-1-7-16-14(11)17-8-2-5-12(17)13-6-3-9-18-13/h1,3-4,6-7,9,12H,2,5,8H2. The van der Waals surface area contributed by atoms with E-state index in [0.717, 1.165) is 25.2 Å². The molecular formula is C14H13N3S. The van der Waals surface area contributed by atoms with Crippen molar-refractivity contribution in [2.45, 2.75) is 18.9 Å². The maximum Gasteiger partial charge on any atom is 0.147 e. The number of rotatable bonds is 2. The fraction of sp³-hybridized carbons (Fsp3) is 0.286. The predicted octanol–water partition coefficient (Wildman–Crippen LogP) is 3.36. The lowest BCUT2D eigenvalue weighted by Crippen LogP contribution is -2.23. The van der Waals surface area contributed by atoms with E-state index in [2.05, 4.69) is 33.5 Å². The molecule has 0 amide bonds. The summed E-state index contributed by atoms with van der Waals surface area (Å²) in [6.45, 7) is 0.980. The smallest absolute Gasteiger partial charge is 0.147 e. The molecule has 0 aromatic carbocycles. The van der Waals surface area contributed by atoms with E-state index in [-0.39, 0.29) is 0 Å². The first kappa shape index (κ1) is 11.2.